The first kappa shape index (κ1) is 16.4. The second-order valence-electron chi connectivity index (χ2n) is 5.78. The Morgan fingerprint density at radius 1 is 1.28 bits per heavy atom. The minimum atomic E-state index is -0.369. The predicted molar refractivity (Wildman–Crippen MR) is 102 cm³/mol. The molecule has 1 aromatic carbocycles. The maximum Gasteiger partial charge on any atom is 0.345 e. The van der Waals surface area contributed by atoms with Crippen molar-refractivity contribution in [1.82, 2.24) is 9.88 Å². The topological polar surface area (TPSA) is 55.6 Å². The van der Waals surface area contributed by atoms with E-state index in [0.29, 0.717) is 36.5 Å². The van der Waals surface area contributed by atoms with Gasteiger partial charge in [-0.2, -0.15) is 0 Å². The number of hydrogen-bond acceptors (Lipinski definition) is 6. The zero-order valence-electron chi connectivity index (χ0n) is 13.4. The van der Waals surface area contributed by atoms with Crippen molar-refractivity contribution in [3.8, 4) is 11.3 Å². The molecular formula is C18H16N2O3S2. The lowest BCUT2D eigenvalue weighted by Crippen LogP contribution is -2.40. The number of rotatable bonds is 3. The molecule has 3 aromatic rings. The summed E-state index contributed by atoms with van der Waals surface area (Å²) in [6.07, 6.45) is 0.610. The summed E-state index contributed by atoms with van der Waals surface area (Å²) in [6, 6.07) is 9.30. The summed E-state index contributed by atoms with van der Waals surface area (Å²) in [5.41, 5.74) is 1.34. The molecule has 7 heteroatoms. The highest BCUT2D eigenvalue weighted by atomic mass is 32.1. The molecule has 4 rings (SSSR count). The molecule has 1 aliphatic heterocycles. The molecule has 2 aromatic heterocycles. The van der Waals surface area contributed by atoms with Crippen molar-refractivity contribution in [3.63, 3.8) is 0 Å². The molecule has 0 unspecified atom stereocenters. The van der Waals surface area contributed by atoms with Crippen molar-refractivity contribution in [3.05, 3.63) is 51.1 Å². The number of morpholine rings is 1. The Bertz CT molecular complexity index is 974. The average molecular weight is 372 g/mol. The van der Waals surface area contributed by atoms with Crippen LogP contribution in [0, 0.1) is 0 Å². The van der Waals surface area contributed by atoms with E-state index in [0.717, 1.165) is 28.5 Å². The third-order valence-corrected chi connectivity index (χ3v) is 5.39. The number of thiazole rings is 1. The summed E-state index contributed by atoms with van der Waals surface area (Å²) in [5.74, 6) is 0. The molecule has 1 fully saturated rings. The standard InChI is InChI=1S/C18H16N2O3S2/c21-18-13(9-12-3-1-2-4-15(12)23-18)14-11-25-16(19-14)10-17(24)20-5-7-22-8-6-20/h1-4,9,11H,5-8,10H2. The molecule has 0 spiro atoms. The number of aromatic nitrogens is 1. The quantitative estimate of drug-likeness (QED) is 0.520. The third-order valence-electron chi connectivity index (χ3n) is 4.14. The Labute approximate surface area is 153 Å². The Kier molecular flexibility index (Phi) is 4.61. The lowest BCUT2D eigenvalue weighted by Gasteiger charge is -2.28. The fraction of sp³-hybridized carbons (Fsp3) is 0.278. The summed E-state index contributed by atoms with van der Waals surface area (Å²) < 4.78 is 10.7. The lowest BCUT2D eigenvalue weighted by atomic mass is 10.1. The van der Waals surface area contributed by atoms with Gasteiger partial charge in [-0.15, -0.1) is 11.3 Å². The number of fused-ring (bicyclic) bond motifs is 1. The highest BCUT2D eigenvalue weighted by Crippen LogP contribution is 2.23. The van der Waals surface area contributed by atoms with E-state index in [4.69, 9.17) is 21.4 Å². The van der Waals surface area contributed by atoms with Gasteiger partial charge in [0.25, 0.3) is 0 Å². The van der Waals surface area contributed by atoms with Crippen LogP contribution >= 0.6 is 23.6 Å². The van der Waals surface area contributed by atoms with Gasteiger partial charge in [0.1, 0.15) is 5.58 Å². The number of hydrogen-bond donors (Lipinski definition) is 0. The third kappa shape index (κ3) is 3.49. The van der Waals surface area contributed by atoms with Gasteiger partial charge in [-0.1, -0.05) is 30.4 Å². The lowest BCUT2D eigenvalue weighted by molar-refractivity contribution is 0.0684. The van der Waals surface area contributed by atoms with Gasteiger partial charge in [0.15, 0.2) is 0 Å². The Morgan fingerprint density at radius 3 is 2.92 bits per heavy atom. The van der Waals surface area contributed by atoms with E-state index in [2.05, 4.69) is 9.88 Å². The van der Waals surface area contributed by atoms with Gasteiger partial charge in [0, 0.05) is 23.9 Å². The molecule has 5 nitrogen and oxygen atoms in total. The molecule has 0 saturated carbocycles. The second kappa shape index (κ2) is 7.03. The number of benzene rings is 1. The summed E-state index contributed by atoms with van der Waals surface area (Å²) in [4.78, 5) is 19.9. The molecule has 3 heterocycles. The van der Waals surface area contributed by atoms with Crippen LogP contribution in [-0.2, 0) is 11.2 Å². The van der Waals surface area contributed by atoms with E-state index < -0.39 is 0 Å². The molecule has 0 amide bonds. The predicted octanol–water partition coefficient (Wildman–Crippen LogP) is 3.12. The first-order valence-electron chi connectivity index (χ1n) is 8.04. The van der Waals surface area contributed by atoms with Crippen LogP contribution in [0.1, 0.15) is 5.01 Å². The number of ether oxygens (including phenoxy) is 1. The van der Waals surface area contributed by atoms with E-state index in [1.165, 1.54) is 11.3 Å². The highest BCUT2D eigenvalue weighted by molar-refractivity contribution is 7.80. The van der Waals surface area contributed by atoms with Gasteiger partial charge < -0.3 is 14.1 Å². The van der Waals surface area contributed by atoms with Crippen LogP contribution in [0.25, 0.3) is 22.2 Å². The molecular weight excluding hydrogens is 356 g/mol. The number of para-hydroxylation sites is 1. The monoisotopic (exact) mass is 372 g/mol. The van der Waals surface area contributed by atoms with E-state index in [-0.39, 0.29) is 5.63 Å². The fourth-order valence-electron chi connectivity index (χ4n) is 2.81. The Morgan fingerprint density at radius 2 is 2.08 bits per heavy atom. The maximum absolute atomic E-state index is 12.3. The fourth-order valence-corrected chi connectivity index (χ4v) is 4.02. The van der Waals surface area contributed by atoms with Gasteiger partial charge in [-0.3, -0.25) is 0 Å². The van der Waals surface area contributed by atoms with Crippen molar-refractivity contribution in [2.75, 3.05) is 26.3 Å². The van der Waals surface area contributed by atoms with E-state index in [1.54, 1.807) is 6.07 Å². The second-order valence-corrected chi connectivity index (χ2v) is 7.20. The molecule has 128 valence electrons. The molecule has 25 heavy (non-hydrogen) atoms. The normalized spacial score (nSPS) is 14.8. The zero-order valence-corrected chi connectivity index (χ0v) is 15.1. The van der Waals surface area contributed by atoms with Gasteiger partial charge in [-0.05, 0) is 12.1 Å². The minimum absolute atomic E-state index is 0.369. The van der Waals surface area contributed by atoms with Crippen LogP contribution < -0.4 is 5.63 Å². The molecule has 0 radical (unpaired) electrons. The minimum Gasteiger partial charge on any atom is -0.422 e. The largest absolute Gasteiger partial charge is 0.422 e. The molecule has 0 atom stereocenters. The molecule has 0 aliphatic carbocycles. The van der Waals surface area contributed by atoms with Crippen LogP contribution in [-0.4, -0.2) is 41.2 Å². The van der Waals surface area contributed by atoms with E-state index in [9.17, 15) is 4.79 Å². The number of nitrogens with zero attached hydrogens (tertiary/aromatic N) is 2. The Hall–Kier alpha value is -2.09. The van der Waals surface area contributed by atoms with Crippen molar-refractivity contribution in [2.45, 2.75) is 6.42 Å². The number of thiocarbonyl (C=S) groups is 1. The summed E-state index contributed by atoms with van der Waals surface area (Å²) in [6.45, 7) is 3.07. The van der Waals surface area contributed by atoms with Crippen LogP contribution in [0.4, 0.5) is 0 Å². The van der Waals surface area contributed by atoms with Crippen LogP contribution in [0.3, 0.4) is 0 Å². The van der Waals surface area contributed by atoms with E-state index in [1.807, 2.05) is 29.6 Å². The average Bonchev–Trinajstić information content (AvgIpc) is 3.10. The smallest absolute Gasteiger partial charge is 0.345 e. The van der Waals surface area contributed by atoms with Crippen LogP contribution in [0.15, 0.2) is 44.9 Å². The van der Waals surface area contributed by atoms with Crippen molar-refractivity contribution >= 4 is 39.5 Å². The molecule has 0 bridgehead atoms. The summed E-state index contributed by atoms with van der Waals surface area (Å²) >= 11 is 7.04. The van der Waals surface area contributed by atoms with Gasteiger partial charge in [0.05, 0.1) is 40.9 Å². The Balaban J connectivity index is 1.57. The molecule has 1 aliphatic rings. The van der Waals surface area contributed by atoms with Crippen LogP contribution in [0.2, 0.25) is 0 Å². The van der Waals surface area contributed by atoms with Gasteiger partial charge >= 0.3 is 5.63 Å². The van der Waals surface area contributed by atoms with Gasteiger partial charge in [-0.25, -0.2) is 9.78 Å². The van der Waals surface area contributed by atoms with Crippen LogP contribution in [0.5, 0.6) is 0 Å². The molecule has 0 N–H and O–H groups in total. The maximum atomic E-state index is 12.3. The summed E-state index contributed by atoms with van der Waals surface area (Å²) in [7, 11) is 0. The first-order valence-corrected chi connectivity index (χ1v) is 9.33. The summed E-state index contributed by atoms with van der Waals surface area (Å²) in [5, 5.41) is 3.67. The van der Waals surface area contributed by atoms with E-state index >= 15 is 0 Å². The van der Waals surface area contributed by atoms with Crippen molar-refractivity contribution < 1.29 is 9.15 Å². The SMILES string of the molecule is O=c1oc2ccccc2cc1-c1csc(CC(=S)N2CCOCC2)n1. The van der Waals surface area contributed by atoms with Gasteiger partial charge in [0.2, 0.25) is 0 Å². The van der Waals surface area contributed by atoms with Crippen molar-refractivity contribution in [2.24, 2.45) is 0 Å². The highest BCUT2D eigenvalue weighted by Gasteiger charge is 2.17. The first-order chi connectivity index (χ1) is 12.2. The molecule has 1 saturated heterocycles. The van der Waals surface area contributed by atoms with Crippen molar-refractivity contribution in [1.29, 1.82) is 0 Å². The zero-order chi connectivity index (χ0) is 17.2.